The van der Waals surface area contributed by atoms with Crippen LogP contribution in [0.25, 0.3) is 0 Å². The summed E-state index contributed by atoms with van der Waals surface area (Å²) in [5.41, 5.74) is 7.52. The molecule has 2 atom stereocenters. The van der Waals surface area contributed by atoms with E-state index < -0.39 is 18.1 Å². The minimum atomic E-state index is -0.665. The second kappa shape index (κ2) is 14.3. The Labute approximate surface area is 164 Å². The van der Waals surface area contributed by atoms with E-state index >= 15 is 0 Å². The van der Waals surface area contributed by atoms with Gasteiger partial charge in [-0.3, -0.25) is 4.79 Å². The van der Waals surface area contributed by atoms with E-state index in [1.807, 2.05) is 24.3 Å². The van der Waals surface area contributed by atoms with Crippen molar-refractivity contribution < 1.29 is 14.6 Å². The molecule has 0 saturated carbocycles. The van der Waals surface area contributed by atoms with Gasteiger partial charge in [-0.15, -0.1) is 0 Å². The zero-order chi connectivity index (χ0) is 19.9. The quantitative estimate of drug-likeness (QED) is 0.322. The predicted octanol–water partition coefficient (Wildman–Crippen LogP) is 4.49. The molecule has 4 heteroatoms. The van der Waals surface area contributed by atoms with Crippen molar-refractivity contribution in [2.24, 2.45) is 5.73 Å². The number of esters is 1. The minimum absolute atomic E-state index is 0.258. The summed E-state index contributed by atoms with van der Waals surface area (Å²) >= 11 is 0. The van der Waals surface area contributed by atoms with E-state index in [4.69, 9.17) is 10.5 Å². The van der Waals surface area contributed by atoms with Crippen molar-refractivity contribution in [1.82, 2.24) is 0 Å². The van der Waals surface area contributed by atoms with E-state index in [0.717, 1.165) is 24.0 Å². The number of carbonyl (C=O) groups is 1. The SMILES string of the molecule is CCCCCCCCCCC#Cc1cccc(C(OC(C)=O)[C@H](N)CO)c1. The molecule has 0 saturated heterocycles. The summed E-state index contributed by atoms with van der Waals surface area (Å²) in [6, 6.07) is 6.86. The Hall–Kier alpha value is -1.83. The minimum Gasteiger partial charge on any atom is -0.456 e. The smallest absolute Gasteiger partial charge is 0.303 e. The van der Waals surface area contributed by atoms with Crippen molar-refractivity contribution in [3.8, 4) is 11.8 Å². The van der Waals surface area contributed by atoms with Gasteiger partial charge in [0.05, 0.1) is 12.6 Å². The molecule has 3 N–H and O–H groups in total. The van der Waals surface area contributed by atoms with Crippen molar-refractivity contribution >= 4 is 5.97 Å². The average Bonchev–Trinajstić information content (AvgIpc) is 2.67. The Kier molecular flexibility index (Phi) is 12.3. The molecule has 1 rings (SSSR count). The number of unbranched alkanes of at least 4 members (excludes halogenated alkanes) is 8. The van der Waals surface area contributed by atoms with E-state index in [0.29, 0.717) is 0 Å². The third-order valence-electron chi connectivity index (χ3n) is 4.50. The zero-order valence-electron chi connectivity index (χ0n) is 16.9. The van der Waals surface area contributed by atoms with E-state index in [1.165, 1.54) is 51.9 Å². The van der Waals surface area contributed by atoms with E-state index in [1.54, 1.807) is 0 Å². The van der Waals surface area contributed by atoms with Gasteiger partial charge in [-0.05, 0) is 24.1 Å². The molecule has 0 aromatic heterocycles. The summed E-state index contributed by atoms with van der Waals surface area (Å²) in [5.74, 6) is 5.98. The van der Waals surface area contributed by atoms with Crippen LogP contribution in [0.2, 0.25) is 0 Å². The van der Waals surface area contributed by atoms with Crippen LogP contribution in [0.4, 0.5) is 0 Å². The second-order valence-corrected chi connectivity index (χ2v) is 7.03. The number of ether oxygens (including phenoxy) is 1. The Bertz CT molecular complexity index is 603. The third-order valence-corrected chi connectivity index (χ3v) is 4.50. The number of rotatable bonds is 12. The first-order valence-electron chi connectivity index (χ1n) is 10.2. The molecule has 4 nitrogen and oxygen atoms in total. The Balaban J connectivity index is 2.47. The lowest BCUT2D eigenvalue weighted by Crippen LogP contribution is -2.34. The fourth-order valence-electron chi connectivity index (χ4n) is 2.98. The van der Waals surface area contributed by atoms with Crippen LogP contribution in [0, 0.1) is 11.8 Å². The molecule has 0 amide bonds. The van der Waals surface area contributed by atoms with Gasteiger partial charge in [0.15, 0.2) is 0 Å². The van der Waals surface area contributed by atoms with Crippen LogP contribution in [0.1, 0.15) is 88.9 Å². The lowest BCUT2D eigenvalue weighted by atomic mass is 10.0. The van der Waals surface area contributed by atoms with Crippen molar-refractivity contribution in [2.75, 3.05) is 6.61 Å². The highest BCUT2D eigenvalue weighted by atomic mass is 16.5. The predicted molar refractivity (Wildman–Crippen MR) is 110 cm³/mol. The molecule has 0 spiro atoms. The van der Waals surface area contributed by atoms with E-state index in [2.05, 4.69) is 18.8 Å². The third kappa shape index (κ3) is 10.2. The van der Waals surface area contributed by atoms with Gasteiger partial charge in [0.1, 0.15) is 6.10 Å². The number of aliphatic hydroxyl groups is 1. The molecular formula is C23H35NO3. The lowest BCUT2D eigenvalue weighted by Gasteiger charge is -2.22. The summed E-state index contributed by atoms with van der Waals surface area (Å²) < 4.78 is 5.28. The molecule has 0 radical (unpaired) electrons. The average molecular weight is 374 g/mol. The number of hydrogen-bond donors (Lipinski definition) is 2. The molecule has 1 aromatic rings. The van der Waals surface area contributed by atoms with Gasteiger partial charge in [-0.2, -0.15) is 0 Å². The van der Waals surface area contributed by atoms with Crippen LogP contribution >= 0.6 is 0 Å². The number of nitrogens with two attached hydrogens (primary N) is 1. The van der Waals surface area contributed by atoms with Gasteiger partial charge in [-0.1, -0.05) is 75.8 Å². The van der Waals surface area contributed by atoms with Gasteiger partial charge in [0, 0.05) is 18.9 Å². The van der Waals surface area contributed by atoms with Gasteiger partial charge >= 0.3 is 5.97 Å². The van der Waals surface area contributed by atoms with Gasteiger partial charge in [0.25, 0.3) is 0 Å². The molecule has 0 bridgehead atoms. The van der Waals surface area contributed by atoms with Gasteiger partial charge < -0.3 is 15.6 Å². The summed E-state index contributed by atoms with van der Waals surface area (Å²) in [5, 5.41) is 9.31. The summed E-state index contributed by atoms with van der Waals surface area (Å²) in [6.07, 6.45) is 10.6. The maximum Gasteiger partial charge on any atom is 0.303 e. The Morgan fingerprint density at radius 3 is 2.44 bits per heavy atom. The number of benzene rings is 1. The first-order valence-corrected chi connectivity index (χ1v) is 10.2. The molecule has 0 aliphatic heterocycles. The van der Waals surface area contributed by atoms with E-state index in [9.17, 15) is 9.90 Å². The Morgan fingerprint density at radius 1 is 1.15 bits per heavy atom. The fourth-order valence-corrected chi connectivity index (χ4v) is 2.98. The molecule has 0 heterocycles. The molecular weight excluding hydrogens is 338 g/mol. The zero-order valence-corrected chi connectivity index (χ0v) is 16.9. The molecule has 150 valence electrons. The lowest BCUT2D eigenvalue weighted by molar-refractivity contribution is -0.148. The topological polar surface area (TPSA) is 72.5 Å². The number of carbonyl (C=O) groups excluding carboxylic acids is 1. The fraction of sp³-hybridized carbons (Fsp3) is 0.609. The second-order valence-electron chi connectivity index (χ2n) is 7.03. The van der Waals surface area contributed by atoms with Crippen LogP contribution in [0.5, 0.6) is 0 Å². The summed E-state index contributed by atoms with van der Waals surface area (Å²) in [6.45, 7) is 3.32. The maximum absolute atomic E-state index is 11.3. The van der Waals surface area contributed by atoms with Crippen molar-refractivity contribution in [3.05, 3.63) is 35.4 Å². The number of hydrogen-bond acceptors (Lipinski definition) is 4. The first-order chi connectivity index (χ1) is 13.1. The molecule has 0 aliphatic rings. The van der Waals surface area contributed by atoms with Crippen LogP contribution in [-0.2, 0) is 9.53 Å². The van der Waals surface area contributed by atoms with Crippen molar-refractivity contribution in [3.63, 3.8) is 0 Å². The number of aliphatic hydroxyl groups excluding tert-OH is 1. The monoisotopic (exact) mass is 373 g/mol. The highest BCUT2D eigenvalue weighted by Gasteiger charge is 2.22. The summed E-state index contributed by atoms with van der Waals surface area (Å²) in [4.78, 5) is 11.3. The Morgan fingerprint density at radius 2 is 1.81 bits per heavy atom. The van der Waals surface area contributed by atoms with Crippen LogP contribution in [0.15, 0.2) is 24.3 Å². The van der Waals surface area contributed by atoms with Gasteiger partial charge in [-0.25, -0.2) is 0 Å². The van der Waals surface area contributed by atoms with Crippen LogP contribution in [0.3, 0.4) is 0 Å². The normalized spacial score (nSPS) is 12.7. The molecule has 27 heavy (non-hydrogen) atoms. The largest absolute Gasteiger partial charge is 0.456 e. The highest BCUT2D eigenvalue weighted by Crippen LogP contribution is 2.21. The van der Waals surface area contributed by atoms with Crippen LogP contribution < -0.4 is 5.73 Å². The molecule has 1 aromatic carbocycles. The molecule has 0 aliphatic carbocycles. The van der Waals surface area contributed by atoms with Crippen LogP contribution in [-0.4, -0.2) is 23.7 Å². The maximum atomic E-state index is 11.3. The summed E-state index contributed by atoms with van der Waals surface area (Å²) in [7, 11) is 0. The van der Waals surface area contributed by atoms with E-state index in [-0.39, 0.29) is 6.61 Å². The highest BCUT2D eigenvalue weighted by molar-refractivity contribution is 5.66. The van der Waals surface area contributed by atoms with Gasteiger partial charge in [0.2, 0.25) is 0 Å². The van der Waals surface area contributed by atoms with Crippen molar-refractivity contribution in [2.45, 2.75) is 83.8 Å². The first kappa shape index (κ1) is 23.2. The molecule has 1 unspecified atom stereocenters. The molecule has 0 fully saturated rings. The van der Waals surface area contributed by atoms with Crippen molar-refractivity contribution in [1.29, 1.82) is 0 Å². The standard InChI is InChI=1S/C23H35NO3/c1-3-4-5-6-7-8-9-10-11-12-14-20-15-13-16-21(17-20)23(22(24)18-25)27-19(2)26/h13,15-17,22-23,25H,3-11,18,24H2,1-2H3/t22-,23?/m1/s1.